The van der Waals surface area contributed by atoms with E-state index in [9.17, 15) is 9.59 Å². The largest absolute Gasteiger partial charge is 0.363 e. The number of carbonyl (C=O) groups excluding carboxylic acids is 2. The molecule has 0 N–H and O–H groups in total. The van der Waals surface area contributed by atoms with E-state index < -0.39 is 0 Å². The van der Waals surface area contributed by atoms with Crippen LogP contribution in [0.2, 0.25) is 0 Å². The summed E-state index contributed by atoms with van der Waals surface area (Å²) < 4.78 is 5.86. The first-order chi connectivity index (χ1) is 13.1. The predicted molar refractivity (Wildman–Crippen MR) is 103 cm³/mol. The van der Waals surface area contributed by atoms with Crippen LogP contribution in [0.5, 0.6) is 0 Å². The summed E-state index contributed by atoms with van der Waals surface area (Å²) in [6, 6.07) is 17.9. The molecular formula is C22H24N2O3. The molecule has 4 rings (SSSR count). The van der Waals surface area contributed by atoms with E-state index in [1.165, 1.54) is 0 Å². The van der Waals surface area contributed by atoms with Crippen molar-refractivity contribution < 1.29 is 14.3 Å². The smallest absolute Gasteiger partial charge is 0.253 e. The predicted octanol–water partition coefficient (Wildman–Crippen LogP) is 2.82. The van der Waals surface area contributed by atoms with E-state index in [0.29, 0.717) is 25.2 Å². The highest BCUT2D eigenvalue weighted by Crippen LogP contribution is 2.30. The molecule has 0 atom stereocenters. The molecule has 2 fully saturated rings. The SMILES string of the molecule is CN1CC2(CCN(C(=O)c3ccc(-c4ccccc4)cc3)CC2)OCC1=O. The monoisotopic (exact) mass is 364 g/mol. The number of nitrogens with zero attached hydrogens (tertiary/aromatic N) is 2. The quantitative estimate of drug-likeness (QED) is 0.823. The van der Waals surface area contributed by atoms with Crippen molar-refractivity contribution in [3.8, 4) is 11.1 Å². The molecule has 2 amide bonds. The molecule has 27 heavy (non-hydrogen) atoms. The first kappa shape index (κ1) is 17.7. The molecule has 2 aliphatic heterocycles. The molecule has 0 radical (unpaired) electrons. The number of morpholine rings is 1. The zero-order valence-electron chi connectivity index (χ0n) is 15.6. The Hall–Kier alpha value is -2.66. The molecule has 2 aliphatic rings. The van der Waals surface area contributed by atoms with Gasteiger partial charge in [-0.2, -0.15) is 0 Å². The van der Waals surface area contributed by atoms with Crippen molar-refractivity contribution in [2.75, 3.05) is 33.3 Å². The Balaban J connectivity index is 1.40. The van der Waals surface area contributed by atoms with E-state index in [-0.39, 0.29) is 24.0 Å². The summed E-state index contributed by atoms with van der Waals surface area (Å²) in [4.78, 5) is 28.1. The summed E-state index contributed by atoms with van der Waals surface area (Å²) in [5.41, 5.74) is 2.66. The van der Waals surface area contributed by atoms with Crippen LogP contribution in [0.4, 0.5) is 0 Å². The number of ether oxygens (including phenoxy) is 1. The summed E-state index contributed by atoms with van der Waals surface area (Å²) >= 11 is 0. The number of likely N-dealkylation sites (tertiary alicyclic amines) is 1. The Morgan fingerprint density at radius 2 is 1.59 bits per heavy atom. The maximum absolute atomic E-state index is 12.9. The second-order valence-electron chi connectivity index (χ2n) is 7.46. The fraction of sp³-hybridized carbons (Fsp3) is 0.364. The van der Waals surface area contributed by atoms with Crippen molar-refractivity contribution in [2.45, 2.75) is 18.4 Å². The fourth-order valence-corrected chi connectivity index (χ4v) is 3.93. The summed E-state index contributed by atoms with van der Waals surface area (Å²) in [5, 5.41) is 0. The van der Waals surface area contributed by atoms with Crippen molar-refractivity contribution in [3.05, 3.63) is 60.2 Å². The third kappa shape index (κ3) is 3.60. The second kappa shape index (κ2) is 7.16. The van der Waals surface area contributed by atoms with Gasteiger partial charge in [-0.1, -0.05) is 42.5 Å². The van der Waals surface area contributed by atoms with Crippen molar-refractivity contribution in [1.29, 1.82) is 0 Å². The minimum atomic E-state index is -0.295. The number of hydrogen-bond donors (Lipinski definition) is 0. The number of hydrogen-bond acceptors (Lipinski definition) is 3. The third-order valence-corrected chi connectivity index (χ3v) is 5.65. The van der Waals surface area contributed by atoms with Gasteiger partial charge in [0.15, 0.2) is 0 Å². The van der Waals surface area contributed by atoms with E-state index in [1.807, 2.05) is 54.4 Å². The Labute approximate surface area is 159 Å². The van der Waals surface area contributed by atoms with E-state index in [4.69, 9.17) is 4.74 Å². The summed E-state index contributed by atoms with van der Waals surface area (Å²) in [5.74, 6) is 0.0855. The maximum Gasteiger partial charge on any atom is 0.253 e. The highest BCUT2D eigenvalue weighted by Gasteiger charge is 2.42. The van der Waals surface area contributed by atoms with E-state index in [0.717, 1.165) is 24.0 Å². The lowest BCUT2D eigenvalue weighted by Gasteiger charge is -2.46. The molecule has 0 unspecified atom stereocenters. The summed E-state index contributed by atoms with van der Waals surface area (Å²) in [6.45, 7) is 2.06. The average molecular weight is 364 g/mol. The van der Waals surface area contributed by atoms with Crippen molar-refractivity contribution in [3.63, 3.8) is 0 Å². The molecule has 0 bridgehead atoms. The number of amides is 2. The van der Waals surface area contributed by atoms with Crippen molar-refractivity contribution in [1.82, 2.24) is 9.80 Å². The fourth-order valence-electron chi connectivity index (χ4n) is 3.93. The number of carbonyl (C=O) groups is 2. The van der Waals surface area contributed by atoms with Gasteiger partial charge in [0, 0.05) is 32.2 Å². The van der Waals surface area contributed by atoms with Crippen molar-refractivity contribution >= 4 is 11.8 Å². The topological polar surface area (TPSA) is 49.9 Å². The molecule has 5 nitrogen and oxygen atoms in total. The maximum atomic E-state index is 12.9. The zero-order chi connectivity index (χ0) is 18.9. The van der Waals surface area contributed by atoms with E-state index >= 15 is 0 Å². The lowest BCUT2D eigenvalue weighted by molar-refractivity contribution is -0.167. The molecule has 2 heterocycles. The lowest BCUT2D eigenvalue weighted by atomic mass is 9.89. The van der Waals surface area contributed by atoms with Gasteiger partial charge in [0.1, 0.15) is 6.61 Å². The van der Waals surface area contributed by atoms with Crippen LogP contribution in [0, 0.1) is 0 Å². The van der Waals surface area contributed by atoms with Crippen LogP contribution in [-0.2, 0) is 9.53 Å². The normalized spacial score (nSPS) is 19.4. The molecule has 140 valence electrons. The van der Waals surface area contributed by atoms with Crippen LogP contribution in [0.1, 0.15) is 23.2 Å². The Kier molecular flexibility index (Phi) is 4.70. The third-order valence-electron chi connectivity index (χ3n) is 5.65. The molecule has 0 aromatic heterocycles. The van der Waals surface area contributed by atoms with Crippen molar-refractivity contribution in [2.24, 2.45) is 0 Å². The minimum absolute atomic E-state index is 0.0256. The molecule has 1 spiro atoms. The van der Waals surface area contributed by atoms with Gasteiger partial charge in [-0.05, 0) is 36.1 Å². The minimum Gasteiger partial charge on any atom is -0.363 e. The molecule has 5 heteroatoms. The molecule has 2 saturated heterocycles. The Morgan fingerprint density at radius 1 is 0.963 bits per heavy atom. The van der Waals surface area contributed by atoms with Gasteiger partial charge >= 0.3 is 0 Å². The molecule has 2 aromatic carbocycles. The summed E-state index contributed by atoms with van der Waals surface area (Å²) in [7, 11) is 1.82. The molecular weight excluding hydrogens is 340 g/mol. The first-order valence-corrected chi connectivity index (χ1v) is 9.39. The van der Waals surface area contributed by atoms with Crippen LogP contribution in [0.3, 0.4) is 0 Å². The average Bonchev–Trinajstić information content (AvgIpc) is 2.72. The lowest BCUT2D eigenvalue weighted by Crippen LogP contribution is -2.58. The molecule has 0 saturated carbocycles. The van der Waals surface area contributed by atoms with Gasteiger partial charge in [0.25, 0.3) is 5.91 Å². The zero-order valence-corrected chi connectivity index (χ0v) is 15.6. The Bertz CT molecular complexity index is 824. The number of rotatable bonds is 2. The molecule has 2 aromatic rings. The van der Waals surface area contributed by atoms with E-state index in [2.05, 4.69) is 12.1 Å². The van der Waals surface area contributed by atoms with Crippen LogP contribution < -0.4 is 0 Å². The molecule has 0 aliphatic carbocycles. The van der Waals surface area contributed by atoms with Gasteiger partial charge in [-0.25, -0.2) is 0 Å². The van der Waals surface area contributed by atoms with Crippen LogP contribution in [0.15, 0.2) is 54.6 Å². The Morgan fingerprint density at radius 3 is 2.22 bits per heavy atom. The van der Waals surface area contributed by atoms with Crippen LogP contribution >= 0.6 is 0 Å². The number of likely N-dealkylation sites (N-methyl/N-ethyl adjacent to an activating group) is 1. The number of piperidine rings is 1. The van der Waals surface area contributed by atoms with E-state index in [1.54, 1.807) is 4.90 Å². The van der Waals surface area contributed by atoms with Crippen LogP contribution in [0.25, 0.3) is 11.1 Å². The summed E-state index contributed by atoms with van der Waals surface area (Å²) in [6.07, 6.45) is 1.52. The van der Waals surface area contributed by atoms with Gasteiger partial charge in [-0.3, -0.25) is 9.59 Å². The standard InChI is InChI=1S/C22H24N2O3/c1-23-16-22(27-15-20(23)25)11-13-24(14-12-22)21(26)19-9-7-18(8-10-19)17-5-3-2-4-6-17/h2-10H,11-16H2,1H3. The van der Waals surface area contributed by atoms with Gasteiger partial charge in [-0.15, -0.1) is 0 Å². The van der Waals surface area contributed by atoms with Crippen LogP contribution in [-0.4, -0.2) is 60.5 Å². The van der Waals surface area contributed by atoms with Gasteiger partial charge < -0.3 is 14.5 Å². The van der Waals surface area contributed by atoms with Gasteiger partial charge in [0.2, 0.25) is 5.91 Å². The number of benzene rings is 2. The van der Waals surface area contributed by atoms with Gasteiger partial charge in [0.05, 0.1) is 5.60 Å². The highest BCUT2D eigenvalue weighted by molar-refractivity contribution is 5.94. The second-order valence-corrected chi connectivity index (χ2v) is 7.46. The first-order valence-electron chi connectivity index (χ1n) is 9.39. The highest BCUT2D eigenvalue weighted by atomic mass is 16.5.